The highest BCUT2D eigenvalue weighted by Crippen LogP contribution is 2.32. The molecule has 8 heteroatoms. The summed E-state index contributed by atoms with van der Waals surface area (Å²) in [7, 11) is -6.92. The lowest BCUT2D eigenvalue weighted by atomic mass is 10.0. The average Bonchev–Trinajstić information content (AvgIpc) is 2.63. The van der Waals surface area contributed by atoms with Gasteiger partial charge in [0.15, 0.2) is 0 Å². The molecule has 6 nitrogen and oxygen atoms in total. The first-order valence-electron chi connectivity index (χ1n) is 9.31. The molecule has 152 valence electrons. The standard InChI is InChI=1S/C20H26N2O4S2/c1-4-28(25,26)22-11-5-6-17-13-19(9-10-20(17)22)21-27(23,24)14-18-12-15(2)7-8-16(18)3/h7-10,12-13,21H,4-6,11,14H2,1-3H3. The maximum Gasteiger partial charge on any atom is 0.236 e. The first kappa shape index (κ1) is 20.7. The van der Waals surface area contributed by atoms with Gasteiger partial charge in [-0.05, 0) is 68.5 Å². The lowest BCUT2D eigenvalue weighted by Gasteiger charge is -2.30. The second-order valence-corrected chi connectivity index (χ2v) is 11.1. The van der Waals surface area contributed by atoms with Crippen LogP contribution in [-0.2, 0) is 32.2 Å². The van der Waals surface area contributed by atoms with Crippen LogP contribution in [-0.4, -0.2) is 29.1 Å². The highest BCUT2D eigenvalue weighted by Gasteiger charge is 2.26. The summed E-state index contributed by atoms with van der Waals surface area (Å²) >= 11 is 0. The van der Waals surface area contributed by atoms with Gasteiger partial charge in [0.2, 0.25) is 20.0 Å². The molecular formula is C20H26N2O4S2. The molecule has 1 aliphatic heterocycles. The van der Waals surface area contributed by atoms with Crippen LogP contribution >= 0.6 is 0 Å². The zero-order chi connectivity index (χ0) is 20.5. The third-order valence-corrected chi connectivity index (χ3v) is 8.00. The summed E-state index contributed by atoms with van der Waals surface area (Å²) in [6, 6.07) is 10.8. The van der Waals surface area contributed by atoms with Crippen LogP contribution in [0.4, 0.5) is 11.4 Å². The lowest BCUT2D eigenvalue weighted by Crippen LogP contribution is -2.36. The van der Waals surface area contributed by atoms with Gasteiger partial charge in [0.25, 0.3) is 0 Å². The van der Waals surface area contributed by atoms with Crippen LogP contribution in [0.5, 0.6) is 0 Å². The van der Waals surface area contributed by atoms with E-state index in [1.807, 2.05) is 32.0 Å². The second kappa shape index (κ2) is 7.75. The van der Waals surface area contributed by atoms with Crippen molar-refractivity contribution in [2.24, 2.45) is 0 Å². The number of anilines is 2. The Bertz CT molecular complexity index is 1090. The summed E-state index contributed by atoms with van der Waals surface area (Å²) in [5, 5.41) is 0. The topological polar surface area (TPSA) is 83.6 Å². The van der Waals surface area contributed by atoms with Crippen molar-refractivity contribution in [2.75, 3.05) is 21.3 Å². The summed E-state index contributed by atoms with van der Waals surface area (Å²) in [4.78, 5) is 0. The molecule has 1 aliphatic rings. The fourth-order valence-corrected chi connectivity index (χ4v) is 5.92. The van der Waals surface area contributed by atoms with Crippen molar-refractivity contribution in [3.63, 3.8) is 0 Å². The van der Waals surface area contributed by atoms with Gasteiger partial charge in [0.05, 0.1) is 17.2 Å². The molecule has 0 saturated heterocycles. The second-order valence-electron chi connectivity index (χ2n) is 7.21. The quantitative estimate of drug-likeness (QED) is 0.774. The van der Waals surface area contributed by atoms with Gasteiger partial charge >= 0.3 is 0 Å². The predicted octanol–water partition coefficient (Wildman–Crippen LogP) is 3.35. The van der Waals surface area contributed by atoms with E-state index in [-0.39, 0.29) is 11.5 Å². The average molecular weight is 423 g/mol. The lowest BCUT2D eigenvalue weighted by molar-refractivity contribution is 0.587. The van der Waals surface area contributed by atoms with Crippen molar-refractivity contribution in [1.82, 2.24) is 0 Å². The van der Waals surface area contributed by atoms with Crippen LogP contribution in [0.15, 0.2) is 36.4 Å². The van der Waals surface area contributed by atoms with E-state index in [4.69, 9.17) is 0 Å². The largest absolute Gasteiger partial charge is 0.283 e. The zero-order valence-electron chi connectivity index (χ0n) is 16.4. The van der Waals surface area contributed by atoms with Gasteiger partial charge in [0.1, 0.15) is 0 Å². The molecule has 0 bridgehead atoms. The molecular weight excluding hydrogens is 396 g/mol. The Morgan fingerprint density at radius 2 is 1.79 bits per heavy atom. The summed E-state index contributed by atoms with van der Waals surface area (Å²) in [6.07, 6.45) is 1.43. The molecule has 0 unspecified atom stereocenters. The molecule has 1 heterocycles. The minimum absolute atomic E-state index is 0.0384. The van der Waals surface area contributed by atoms with E-state index in [1.165, 1.54) is 4.31 Å². The van der Waals surface area contributed by atoms with Crippen molar-refractivity contribution in [3.8, 4) is 0 Å². The van der Waals surface area contributed by atoms with Crippen molar-refractivity contribution < 1.29 is 16.8 Å². The number of fused-ring (bicyclic) bond motifs is 1. The maximum absolute atomic E-state index is 12.7. The third kappa shape index (κ3) is 4.50. The van der Waals surface area contributed by atoms with E-state index in [0.717, 1.165) is 28.7 Å². The Kier molecular flexibility index (Phi) is 5.72. The number of nitrogens with zero attached hydrogens (tertiary/aromatic N) is 1. The van der Waals surface area contributed by atoms with E-state index < -0.39 is 20.0 Å². The molecule has 2 aromatic rings. The van der Waals surface area contributed by atoms with E-state index in [2.05, 4.69) is 4.72 Å². The van der Waals surface area contributed by atoms with Crippen LogP contribution in [0.25, 0.3) is 0 Å². The van der Waals surface area contributed by atoms with Crippen molar-refractivity contribution >= 4 is 31.4 Å². The molecule has 3 rings (SSSR count). The maximum atomic E-state index is 12.7. The minimum atomic E-state index is -3.58. The third-order valence-electron chi connectivity index (χ3n) is 4.98. The van der Waals surface area contributed by atoms with E-state index in [0.29, 0.717) is 24.3 Å². The van der Waals surface area contributed by atoms with Gasteiger partial charge in [0, 0.05) is 12.2 Å². The fourth-order valence-electron chi connectivity index (χ4n) is 3.45. The highest BCUT2D eigenvalue weighted by molar-refractivity contribution is 7.92. The van der Waals surface area contributed by atoms with E-state index in [9.17, 15) is 16.8 Å². The number of hydrogen-bond acceptors (Lipinski definition) is 4. The zero-order valence-corrected chi connectivity index (χ0v) is 18.0. The minimum Gasteiger partial charge on any atom is -0.283 e. The summed E-state index contributed by atoms with van der Waals surface area (Å²) in [6.45, 7) is 5.91. The molecule has 2 aromatic carbocycles. The summed E-state index contributed by atoms with van der Waals surface area (Å²) in [5.41, 5.74) is 4.66. The monoisotopic (exact) mass is 422 g/mol. The van der Waals surface area contributed by atoms with Crippen LogP contribution in [0, 0.1) is 13.8 Å². The number of sulfonamides is 2. The van der Waals surface area contributed by atoms with Gasteiger partial charge < -0.3 is 0 Å². The SMILES string of the molecule is CCS(=O)(=O)N1CCCc2cc(NS(=O)(=O)Cc3cc(C)ccc3C)ccc21. The van der Waals surface area contributed by atoms with E-state index >= 15 is 0 Å². The molecule has 0 radical (unpaired) electrons. The molecule has 0 aliphatic carbocycles. The van der Waals surface area contributed by atoms with Gasteiger partial charge in [-0.25, -0.2) is 16.8 Å². The number of rotatable bonds is 6. The van der Waals surface area contributed by atoms with Gasteiger partial charge in [-0.3, -0.25) is 9.03 Å². The molecule has 0 saturated carbocycles. The first-order valence-corrected chi connectivity index (χ1v) is 12.6. The number of nitrogens with one attached hydrogen (secondary N) is 1. The van der Waals surface area contributed by atoms with Crippen LogP contribution in [0.3, 0.4) is 0 Å². The highest BCUT2D eigenvalue weighted by atomic mass is 32.2. The Morgan fingerprint density at radius 1 is 1.04 bits per heavy atom. The van der Waals surface area contributed by atoms with Crippen LogP contribution < -0.4 is 9.03 Å². The molecule has 1 N–H and O–H groups in total. The predicted molar refractivity (Wildman–Crippen MR) is 114 cm³/mol. The smallest absolute Gasteiger partial charge is 0.236 e. The molecule has 0 amide bonds. The molecule has 0 spiro atoms. The Labute approximate surface area is 167 Å². The number of benzene rings is 2. The van der Waals surface area contributed by atoms with Crippen molar-refractivity contribution in [1.29, 1.82) is 0 Å². The molecule has 0 fully saturated rings. The van der Waals surface area contributed by atoms with E-state index in [1.54, 1.807) is 25.1 Å². The van der Waals surface area contributed by atoms with Gasteiger partial charge in [-0.1, -0.05) is 23.8 Å². The van der Waals surface area contributed by atoms with Gasteiger partial charge in [-0.2, -0.15) is 0 Å². The summed E-state index contributed by atoms with van der Waals surface area (Å²) < 4.78 is 54.0. The van der Waals surface area contributed by atoms with Gasteiger partial charge in [-0.15, -0.1) is 0 Å². The Morgan fingerprint density at radius 3 is 2.50 bits per heavy atom. The normalized spacial score (nSPS) is 14.6. The van der Waals surface area contributed by atoms with Crippen molar-refractivity contribution in [2.45, 2.75) is 39.4 Å². The Hall–Kier alpha value is -2.06. The van der Waals surface area contributed by atoms with Crippen LogP contribution in [0.1, 0.15) is 35.6 Å². The molecule has 28 heavy (non-hydrogen) atoms. The Balaban J connectivity index is 1.84. The molecule has 0 aromatic heterocycles. The fraction of sp³-hybridized carbons (Fsp3) is 0.400. The summed E-state index contributed by atoms with van der Waals surface area (Å²) in [5.74, 6) is -0.0649. The van der Waals surface area contributed by atoms with Crippen LogP contribution in [0.2, 0.25) is 0 Å². The molecule has 0 atom stereocenters. The number of aryl methyl sites for hydroxylation is 3. The van der Waals surface area contributed by atoms with Crippen molar-refractivity contribution in [3.05, 3.63) is 58.7 Å². The first-order chi connectivity index (χ1) is 13.1. The number of hydrogen-bond donors (Lipinski definition) is 1.